The number of nitrogens with zero attached hydrogens (tertiary/aromatic N) is 4. The van der Waals surface area contributed by atoms with Crippen molar-refractivity contribution in [2.24, 2.45) is 0 Å². The number of aryl methyl sites for hydroxylation is 1. The Bertz CT molecular complexity index is 1400. The Morgan fingerprint density at radius 2 is 2.00 bits per heavy atom. The highest BCUT2D eigenvalue weighted by Crippen LogP contribution is 2.33. The van der Waals surface area contributed by atoms with Crippen LogP contribution in [0.2, 0.25) is 0 Å². The number of nitrogens with two attached hydrogens (primary N) is 1. The lowest BCUT2D eigenvalue weighted by atomic mass is 10.0. The SMILES string of the molecule is Cc1nscc1N(Cc1ccc2c3c(c(N)nc2c1)COC3)C(=O)c1ccc(C(F)(F)F)nc1. The first kappa shape index (κ1) is 22.2. The van der Waals surface area contributed by atoms with Gasteiger partial charge in [0.05, 0.1) is 42.2 Å². The van der Waals surface area contributed by atoms with Crippen molar-refractivity contribution in [3.05, 3.63) is 75.6 Å². The number of carbonyl (C=O) groups excluding carboxylic acids is 1. The van der Waals surface area contributed by atoms with Crippen LogP contribution in [0.5, 0.6) is 0 Å². The molecule has 7 nitrogen and oxygen atoms in total. The third kappa shape index (κ3) is 3.97. The van der Waals surface area contributed by atoms with Crippen molar-refractivity contribution in [2.45, 2.75) is 32.9 Å². The molecule has 0 saturated heterocycles. The predicted molar refractivity (Wildman–Crippen MR) is 121 cm³/mol. The van der Waals surface area contributed by atoms with Gasteiger partial charge in [-0.15, -0.1) is 0 Å². The van der Waals surface area contributed by atoms with E-state index in [1.54, 1.807) is 12.3 Å². The molecule has 4 heterocycles. The zero-order chi connectivity index (χ0) is 24.0. The summed E-state index contributed by atoms with van der Waals surface area (Å²) in [6.45, 7) is 2.82. The predicted octanol–water partition coefficient (Wildman–Crippen LogP) is 4.87. The number of aromatic nitrogens is 3. The molecule has 4 aromatic rings. The Labute approximate surface area is 196 Å². The third-order valence-electron chi connectivity index (χ3n) is 5.70. The Morgan fingerprint density at radius 3 is 2.68 bits per heavy atom. The molecule has 34 heavy (non-hydrogen) atoms. The second kappa shape index (κ2) is 8.33. The maximum Gasteiger partial charge on any atom is 0.433 e. The minimum atomic E-state index is -4.58. The van der Waals surface area contributed by atoms with Crippen molar-refractivity contribution in [1.29, 1.82) is 0 Å². The molecule has 174 valence electrons. The lowest BCUT2D eigenvalue weighted by Crippen LogP contribution is -2.31. The fourth-order valence-corrected chi connectivity index (χ4v) is 4.66. The van der Waals surface area contributed by atoms with E-state index in [1.165, 1.54) is 16.4 Å². The Kier molecular flexibility index (Phi) is 5.45. The zero-order valence-electron chi connectivity index (χ0n) is 17.9. The van der Waals surface area contributed by atoms with Crippen LogP contribution < -0.4 is 10.6 Å². The van der Waals surface area contributed by atoms with E-state index in [4.69, 9.17) is 10.5 Å². The van der Waals surface area contributed by atoms with Gasteiger partial charge in [0.15, 0.2) is 0 Å². The van der Waals surface area contributed by atoms with E-state index in [0.29, 0.717) is 35.9 Å². The maximum atomic E-state index is 13.4. The fourth-order valence-electron chi connectivity index (χ4n) is 3.96. The number of ether oxygens (including phenoxy) is 1. The molecule has 0 saturated carbocycles. The molecule has 3 aromatic heterocycles. The van der Waals surface area contributed by atoms with Crippen LogP contribution in [-0.2, 0) is 30.7 Å². The molecular weight excluding hydrogens is 467 g/mol. The van der Waals surface area contributed by atoms with Gasteiger partial charge in [0.1, 0.15) is 11.5 Å². The van der Waals surface area contributed by atoms with Crippen LogP contribution in [0, 0.1) is 6.92 Å². The van der Waals surface area contributed by atoms with E-state index in [9.17, 15) is 18.0 Å². The minimum Gasteiger partial charge on any atom is -0.383 e. The van der Waals surface area contributed by atoms with Crippen molar-refractivity contribution in [1.82, 2.24) is 14.3 Å². The molecule has 0 radical (unpaired) electrons. The summed E-state index contributed by atoms with van der Waals surface area (Å²) in [6, 6.07) is 7.59. The first-order valence-electron chi connectivity index (χ1n) is 10.3. The van der Waals surface area contributed by atoms with Gasteiger partial charge < -0.3 is 15.4 Å². The molecule has 5 rings (SSSR count). The van der Waals surface area contributed by atoms with Gasteiger partial charge in [0, 0.05) is 22.5 Å². The Hall–Kier alpha value is -3.57. The largest absolute Gasteiger partial charge is 0.433 e. The number of fused-ring (bicyclic) bond motifs is 3. The monoisotopic (exact) mass is 485 g/mol. The zero-order valence-corrected chi connectivity index (χ0v) is 18.7. The van der Waals surface area contributed by atoms with Crippen LogP contribution in [0.4, 0.5) is 24.7 Å². The van der Waals surface area contributed by atoms with Crippen LogP contribution in [-0.4, -0.2) is 20.2 Å². The number of carbonyl (C=O) groups is 1. The molecule has 11 heteroatoms. The number of alkyl halides is 3. The number of nitrogen functional groups attached to an aromatic ring is 1. The summed E-state index contributed by atoms with van der Waals surface area (Å²) in [4.78, 5) is 22.8. The van der Waals surface area contributed by atoms with E-state index in [1.807, 2.05) is 18.2 Å². The van der Waals surface area contributed by atoms with Crippen molar-refractivity contribution in [3.63, 3.8) is 0 Å². The van der Waals surface area contributed by atoms with E-state index in [-0.39, 0.29) is 12.1 Å². The molecule has 0 fully saturated rings. The maximum absolute atomic E-state index is 13.4. The molecule has 1 aliphatic heterocycles. The van der Waals surface area contributed by atoms with Gasteiger partial charge >= 0.3 is 6.18 Å². The lowest BCUT2D eigenvalue weighted by molar-refractivity contribution is -0.141. The van der Waals surface area contributed by atoms with Gasteiger partial charge in [-0.25, -0.2) is 4.98 Å². The van der Waals surface area contributed by atoms with Gasteiger partial charge in [0.25, 0.3) is 5.91 Å². The molecule has 1 aromatic carbocycles. The molecule has 0 spiro atoms. The molecule has 1 amide bonds. The van der Waals surface area contributed by atoms with E-state index in [2.05, 4.69) is 14.3 Å². The average Bonchev–Trinajstić information content (AvgIpc) is 3.46. The summed E-state index contributed by atoms with van der Waals surface area (Å²) in [5, 5.41) is 2.66. The average molecular weight is 485 g/mol. The summed E-state index contributed by atoms with van der Waals surface area (Å²) in [7, 11) is 0. The van der Waals surface area contributed by atoms with Crippen LogP contribution in [0.15, 0.2) is 41.9 Å². The smallest absolute Gasteiger partial charge is 0.383 e. The first-order valence-corrected chi connectivity index (χ1v) is 11.1. The van der Waals surface area contributed by atoms with Gasteiger partial charge in [-0.2, -0.15) is 17.5 Å². The minimum absolute atomic E-state index is 0.0386. The van der Waals surface area contributed by atoms with Crippen molar-refractivity contribution in [3.8, 4) is 0 Å². The first-order chi connectivity index (χ1) is 16.2. The van der Waals surface area contributed by atoms with Crippen molar-refractivity contribution >= 4 is 39.8 Å². The number of benzene rings is 1. The third-order valence-corrected chi connectivity index (χ3v) is 6.40. The summed E-state index contributed by atoms with van der Waals surface area (Å²) in [5.74, 6) is -0.0711. The second-order valence-electron chi connectivity index (χ2n) is 7.90. The number of anilines is 2. The fraction of sp³-hybridized carbons (Fsp3) is 0.217. The molecule has 0 bridgehead atoms. The van der Waals surface area contributed by atoms with E-state index >= 15 is 0 Å². The highest BCUT2D eigenvalue weighted by Gasteiger charge is 2.32. The molecule has 2 N–H and O–H groups in total. The van der Waals surface area contributed by atoms with Crippen molar-refractivity contribution < 1.29 is 22.7 Å². The van der Waals surface area contributed by atoms with Gasteiger partial charge in [0.2, 0.25) is 0 Å². The molecule has 0 atom stereocenters. The highest BCUT2D eigenvalue weighted by atomic mass is 32.1. The normalized spacial score (nSPS) is 13.3. The number of hydrogen-bond donors (Lipinski definition) is 1. The summed E-state index contributed by atoms with van der Waals surface area (Å²) >= 11 is 1.19. The number of halogens is 3. The van der Waals surface area contributed by atoms with E-state index < -0.39 is 17.8 Å². The van der Waals surface area contributed by atoms with Crippen LogP contribution in [0.25, 0.3) is 10.9 Å². The van der Waals surface area contributed by atoms with E-state index in [0.717, 1.165) is 40.4 Å². The number of hydrogen-bond acceptors (Lipinski definition) is 7. The highest BCUT2D eigenvalue weighted by molar-refractivity contribution is 7.04. The standard InChI is InChI=1S/C23H18F3N5O2S/c1-12-19(11-34-30-12)31(22(32)14-3-5-20(28-7-14)23(24,25)26)8-13-2-4-15-16-9-33-10-17(16)21(27)29-18(15)6-13/h2-7,11H,8-10H2,1H3,(H2,27,29). The second-order valence-corrected chi connectivity index (χ2v) is 8.53. The quantitative estimate of drug-likeness (QED) is 0.443. The van der Waals surface area contributed by atoms with Crippen molar-refractivity contribution in [2.75, 3.05) is 10.6 Å². The number of rotatable bonds is 4. The van der Waals surface area contributed by atoms with Crippen LogP contribution >= 0.6 is 11.5 Å². The summed E-state index contributed by atoms with van der Waals surface area (Å²) in [6.07, 6.45) is -3.64. The molecule has 0 unspecified atom stereocenters. The molecule has 0 aliphatic carbocycles. The van der Waals surface area contributed by atoms with Crippen LogP contribution in [0.3, 0.4) is 0 Å². The number of pyridine rings is 2. The van der Waals surface area contributed by atoms with Crippen LogP contribution in [0.1, 0.15) is 38.4 Å². The van der Waals surface area contributed by atoms with Gasteiger partial charge in [-0.05, 0) is 47.8 Å². The van der Waals surface area contributed by atoms with Gasteiger partial charge in [-0.1, -0.05) is 12.1 Å². The van der Waals surface area contributed by atoms with Gasteiger partial charge in [-0.3, -0.25) is 9.78 Å². The number of amides is 1. The summed E-state index contributed by atoms with van der Waals surface area (Å²) < 4.78 is 48.4. The Balaban J connectivity index is 1.51. The topological polar surface area (TPSA) is 94.2 Å². The molecule has 1 aliphatic rings. The molecular formula is C23H18F3N5O2S. The lowest BCUT2D eigenvalue weighted by Gasteiger charge is -2.23. The Morgan fingerprint density at radius 1 is 1.21 bits per heavy atom. The summed E-state index contributed by atoms with van der Waals surface area (Å²) in [5.41, 5.74) is 9.66.